The molecule has 59 heavy (non-hydrogen) atoms. The number of benzene rings is 9. The Kier molecular flexibility index (Phi) is 8.37. The second-order valence-electron chi connectivity index (χ2n) is 15.1. The third-order valence-electron chi connectivity index (χ3n) is 11.8. The lowest BCUT2D eigenvalue weighted by atomic mass is 9.67. The van der Waals surface area contributed by atoms with Crippen molar-refractivity contribution in [1.82, 2.24) is 15.0 Å². The predicted octanol–water partition coefficient (Wildman–Crippen LogP) is 13.7. The molecule has 1 heterocycles. The third kappa shape index (κ3) is 5.86. The van der Waals surface area contributed by atoms with Gasteiger partial charge in [-0.2, -0.15) is 0 Å². The summed E-state index contributed by atoms with van der Waals surface area (Å²) in [4.78, 5) is 15.4. The van der Waals surface area contributed by atoms with Gasteiger partial charge in [-0.05, 0) is 72.5 Å². The van der Waals surface area contributed by atoms with Crippen molar-refractivity contribution in [3.05, 3.63) is 247 Å². The van der Waals surface area contributed by atoms with Gasteiger partial charge in [0.15, 0.2) is 17.5 Å². The highest BCUT2D eigenvalue weighted by molar-refractivity contribution is 6.04. The van der Waals surface area contributed by atoms with Crippen molar-refractivity contribution in [1.29, 1.82) is 0 Å². The number of hydrogen-bond donors (Lipinski definition) is 0. The van der Waals surface area contributed by atoms with Crippen molar-refractivity contribution in [2.45, 2.75) is 5.41 Å². The molecule has 0 N–H and O–H groups in total. The fourth-order valence-corrected chi connectivity index (χ4v) is 9.07. The zero-order valence-corrected chi connectivity index (χ0v) is 32.2. The van der Waals surface area contributed by atoms with E-state index in [4.69, 9.17) is 15.0 Å². The minimum atomic E-state index is -0.519. The average Bonchev–Trinajstić information content (AvgIpc) is 3.64. The molecular formula is C56H37N3. The number of aromatic nitrogens is 3. The van der Waals surface area contributed by atoms with Crippen LogP contribution in [-0.4, -0.2) is 15.0 Å². The van der Waals surface area contributed by atoms with E-state index in [1.807, 2.05) is 24.3 Å². The van der Waals surface area contributed by atoms with Gasteiger partial charge >= 0.3 is 0 Å². The van der Waals surface area contributed by atoms with Crippen LogP contribution in [0.1, 0.15) is 22.3 Å². The summed E-state index contributed by atoms with van der Waals surface area (Å²) in [6, 6.07) is 80.0. The molecule has 1 aliphatic carbocycles. The standard InChI is InChI=1S/C56H37N3/c1-4-15-38(16-5-1)39-27-29-40(30-28-39)44-20-14-21-45(37-44)55-58-53(42-18-6-2-7-19-42)57-54(59-55)43-31-34-47(35-32-43)56(46-22-8-3-9-23-46)50-26-13-12-25-49(50)52-48-24-11-10-17-41(48)33-36-51(52)56/h1-37H. The van der Waals surface area contributed by atoms with Crippen molar-refractivity contribution in [3.63, 3.8) is 0 Å². The zero-order valence-electron chi connectivity index (χ0n) is 32.2. The molecule has 1 atom stereocenters. The number of nitrogens with zero attached hydrogens (tertiary/aromatic N) is 3. The van der Waals surface area contributed by atoms with Crippen LogP contribution < -0.4 is 0 Å². The van der Waals surface area contributed by atoms with Crippen LogP contribution in [0.2, 0.25) is 0 Å². The van der Waals surface area contributed by atoms with E-state index in [1.54, 1.807) is 0 Å². The Bertz CT molecular complexity index is 3120. The lowest BCUT2D eigenvalue weighted by molar-refractivity contribution is 0.769. The second kappa shape index (κ2) is 14.3. The van der Waals surface area contributed by atoms with Gasteiger partial charge in [0, 0.05) is 16.7 Å². The highest BCUT2D eigenvalue weighted by atomic mass is 15.0. The Morgan fingerprint density at radius 3 is 1.47 bits per heavy atom. The molecule has 0 saturated carbocycles. The van der Waals surface area contributed by atoms with E-state index in [0.717, 1.165) is 27.8 Å². The van der Waals surface area contributed by atoms with Crippen LogP contribution in [0.3, 0.4) is 0 Å². The van der Waals surface area contributed by atoms with E-state index in [0.29, 0.717) is 17.5 Å². The SMILES string of the molecule is c1ccc(-c2ccc(-c3cccc(-c4nc(-c5ccccc5)nc(-c5ccc(C6(c7ccccc7)c7ccccc7-c7c6ccc6ccccc76)cc5)n4)c3)cc2)cc1. The minimum Gasteiger partial charge on any atom is -0.208 e. The van der Waals surface area contributed by atoms with Crippen LogP contribution >= 0.6 is 0 Å². The summed E-state index contributed by atoms with van der Waals surface area (Å²) in [5.41, 5.74) is 14.5. The molecule has 3 nitrogen and oxygen atoms in total. The summed E-state index contributed by atoms with van der Waals surface area (Å²) < 4.78 is 0. The predicted molar refractivity (Wildman–Crippen MR) is 242 cm³/mol. The maximum atomic E-state index is 5.17. The molecule has 11 rings (SSSR count). The molecule has 276 valence electrons. The molecule has 0 bridgehead atoms. The quantitative estimate of drug-likeness (QED) is 0.163. The highest BCUT2D eigenvalue weighted by Gasteiger charge is 2.46. The highest BCUT2D eigenvalue weighted by Crippen LogP contribution is 2.57. The average molecular weight is 752 g/mol. The molecule has 10 aromatic rings. The molecule has 0 radical (unpaired) electrons. The summed E-state index contributed by atoms with van der Waals surface area (Å²) in [5, 5.41) is 2.51. The molecule has 0 aliphatic heterocycles. The first-order valence-electron chi connectivity index (χ1n) is 20.1. The van der Waals surface area contributed by atoms with Crippen molar-refractivity contribution in [2.75, 3.05) is 0 Å². The number of rotatable bonds is 7. The molecular weight excluding hydrogens is 715 g/mol. The van der Waals surface area contributed by atoms with Crippen molar-refractivity contribution in [2.24, 2.45) is 0 Å². The monoisotopic (exact) mass is 751 g/mol. The van der Waals surface area contributed by atoms with Gasteiger partial charge < -0.3 is 0 Å². The topological polar surface area (TPSA) is 38.7 Å². The first kappa shape index (κ1) is 34.5. The van der Waals surface area contributed by atoms with E-state index in [2.05, 4.69) is 200 Å². The van der Waals surface area contributed by atoms with Crippen LogP contribution in [0, 0.1) is 0 Å². The van der Waals surface area contributed by atoms with E-state index in [9.17, 15) is 0 Å². The summed E-state index contributed by atoms with van der Waals surface area (Å²) in [5.74, 6) is 1.90. The summed E-state index contributed by atoms with van der Waals surface area (Å²) in [6.07, 6.45) is 0. The molecule has 0 fully saturated rings. The second-order valence-corrected chi connectivity index (χ2v) is 15.1. The fourth-order valence-electron chi connectivity index (χ4n) is 9.07. The van der Waals surface area contributed by atoms with Gasteiger partial charge in [-0.15, -0.1) is 0 Å². The minimum absolute atomic E-state index is 0.519. The van der Waals surface area contributed by atoms with E-state index < -0.39 is 5.41 Å². The first-order valence-corrected chi connectivity index (χ1v) is 20.1. The largest absolute Gasteiger partial charge is 0.208 e. The summed E-state index contributed by atoms with van der Waals surface area (Å²) in [6.45, 7) is 0. The van der Waals surface area contributed by atoms with Gasteiger partial charge in [-0.25, -0.2) is 15.0 Å². The van der Waals surface area contributed by atoms with E-state index >= 15 is 0 Å². The van der Waals surface area contributed by atoms with Crippen molar-refractivity contribution in [3.8, 4) is 67.5 Å². The normalized spacial score (nSPS) is 14.2. The molecule has 0 spiro atoms. The van der Waals surface area contributed by atoms with Crippen molar-refractivity contribution < 1.29 is 0 Å². The zero-order chi connectivity index (χ0) is 39.2. The van der Waals surface area contributed by atoms with Crippen LogP contribution in [0.25, 0.3) is 78.3 Å². The third-order valence-corrected chi connectivity index (χ3v) is 11.8. The number of fused-ring (bicyclic) bond motifs is 5. The van der Waals surface area contributed by atoms with Gasteiger partial charge in [-0.1, -0.05) is 218 Å². The molecule has 1 aromatic heterocycles. The van der Waals surface area contributed by atoms with Crippen LogP contribution in [0.15, 0.2) is 224 Å². The van der Waals surface area contributed by atoms with Gasteiger partial charge in [0.05, 0.1) is 5.41 Å². The first-order chi connectivity index (χ1) is 29.2. The molecule has 1 aliphatic rings. The van der Waals surface area contributed by atoms with E-state index in [1.165, 1.54) is 55.3 Å². The molecule has 0 amide bonds. The Morgan fingerprint density at radius 2 is 0.763 bits per heavy atom. The molecule has 9 aromatic carbocycles. The molecule has 1 unspecified atom stereocenters. The Hall–Kier alpha value is -7.75. The van der Waals surface area contributed by atoms with Crippen LogP contribution in [0.4, 0.5) is 0 Å². The smallest absolute Gasteiger partial charge is 0.164 e. The lowest BCUT2D eigenvalue weighted by Gasteiger charge is -2.34. The van der Waals surface area contributed by atoms with Crippen LogP contribution in [0.5, 0.6) is 0 Å². The summed E-state index contributed by atoms with van der Waals surface area (Å²) >= 11 is 0. The van der Waals surface area contributed by atoms with Gasteiger partial charge in [0.2, 0.25) is 0 Å². The van der Waals surface area contributed by atoms with Gasteiger partial charge in [0.1, 0.15) is 0 Å². The Balaban J connectivity index is 1.03. The Labute approximate surface area is 344 Å². The molecule has 3 heteroatoms. The van der Waals surface area contributed by atoms with Gasteiger partial charge in [0.25, 0.3) is 0 Å². The Morgan fingerprint density at radius 1 is 0.288 bits per heavy atom. The maximum absolute atomic E-state index is 5.17. The van der Waals surface area contributed by atoms with Gasteiger partial charge in [-0.3, -0.25) is 0 Å². The molecule has 0 saturated heterocycles. The van der Waals surface area contributed by atoms with E-state index in [-0.39, 0.29) is 0 Å². The lowest BCUT2D eigenvalue weighted by Crippen LogP contribution is -2.28. The maximum Gasteiger partial charge on any atom is 0.164 e. The van der Waals surface area contributed by atoms with Crippen LogP contribution in [-0.2, 0) is 5.41 Å². The summed E-state index contributed by atoms with van der Waals surface area (Å²) in [7, 11) is 0. The fraction of sp³-hybridized carbons (Fsp3) is 0.0179. The number of hydrogen-bond acceptors (Lipinski definition) is 3. The van der Waals surface area contributed by atoms with Crippen molar-refractivity contribution >= 4 is 10.8 Å².